The minimum absolute atomic E-state index is 0.420. The topological polar surface area (TPSA) is 38.7 Å². The average molecular weight is 396 g/mol. The van der Waals surface area contributed by atoms with E-state index in [4.69, 9.17) is 4.74 Å². The molecule has 148 valence electrons. The first kappa shape index (κ1) is 20.4. The Labute approximate surface area is 169 Å². The molecule has 1 unspecified atom stereocenters. The lowest BCUT2D eigenvalue weighted by atomic mass is 9.90. The maximum absolute atomic E-state index is 13.4. The van der Waals surface area contributed by atoms with E-state index in [1.54, 1.807) is 0 Å². The van der Waals surface area contributed by atoms with Gasteiger partial charge in [-0.15, -0.1) is 0 Å². The SMILES string of the molecule is C=C(CC)c1ccc2c(c1)/C(=N/S(=C)(=O)c1ccc(CC)cc1)CC(C)(C)O2. The zero-order valence-electron chi connectivity index (χ0n) is 17.2. The first-order chi connectivity index (χ1) is 13.1. The van der Waals surface area contributed by atoms with Crippen LogP contribution in [-0.4, -0.2) is 21.4 Å². The predicted molar refractivity (Wildman–Crippen MR) is 121 cm³/mol. The van der Waals surface area contributed by atoms with E-state index < -0.39 is 15.3 Å². The van der Waals surface area contributed by atoms with E-state index in [1.165, 1.54) is 5.56 Å². The summed E-state index contributed by atoms with van der Waals surface area (Å²) < 4.78 is 24.2. The van der Waals surface area contributed by atoms with Gasteiger partial charge in [-0.25, -0.2) is 4.21 Å². The van der Waals surface area contributed by atoms with E-state index in [-0.39, 0.29) is 0 Å². The molecule has 0 aromatic heterocycles. The van der Waals surface area contributed by atoms with Crippen molar-refractivity contribution in [2.45, 2.75) is 57.5 Å². The Morgan fingerprint density at radius 2 is 1.86 bits per heavy atom. The van der Waals surface area contributed by atoms with Gasteiger partial charge in [-0.3, -0.25) is 0 Å². The molecule has 0 bridgehead atoms. The molecule has 4 heteroatoms. The number of hydrogen-bond acceptors (Lipinski definition) is 2. The molecule has 0 N–H and O–H groups in total. The first-order valence-corrected chi connectivity index (χ1v) is 11.4. The summed E-state index contributed by atoms with van der Waals surface area (Å²) in [5, 5.41) is 0. The maximum atomic E-state index is 13.4. The molecule has 0 saturated carbocycles. The number of benzene rings is 2. The van der Waals surface area contributed by atoms with Crippen LogP contribution in [0.3, 0.4) is 0 Å². The molecule has 1 aliphatic heterocycles. The van der Waals surface area contributed by atoms with Gasteiger partial charge in [0.15, 0.2) is 0 Å². The summed E-state index contributed by atoms with van der Waals surface area (Å²) in [6, 6.07) is 13.8. The van der Waals surface area contributed by atoms with Gasteiger partial charge in [0.2, 0.25) is 0 Å². The summed E-state index contributed by atoms with van der Waals surface area (Å²) in [6.07, 6.45) is 2.38. The minimum Gasteiger partial charge on any atom is -0.487 e. The summed E-state index contributed by atoms with van der Waals surface area (Å²) in [5.74, 6) is 4.73. The second-order valence-electron chi connectivity index (χ2n) is 7.88. The average Bonchev–Trinajstić information content (AvgIpc) is 2.66. The summed E-state index contributed by atoms with van der Waals surface area (Å²) in [7, 11) is -2.81. The van der Waals surface area contributed by atoms with Crippen LogP contribution in [0, 0.1) is 0 Å². The molecule has 1 aliphatic rings. The number of aryl methyl sites for hydroxylation is 1. The Hall–Kier alpha value is -2.33. The summed E-state index contributed by atoms with van der Waals surface area (Å²) in [4.78, 5) is 0.650. The third-order valence-electron chi connectivity index (χ3n) is 5.06. The summed E-state index contributed by atoms with van der Waals surface area (Å²) in [5.41, 5.74) is 4.55. The molecule has 0 aliphatic carbocycles. The monoisotopic (exact) mass is 395 g/mol. The molecule has 3 nitrogen and oxygen atoms in total. The van der Waals surface area contributed by atoms with Gasteiger partial charge in [-0.1, -0.05) is 38.6 Å². The highest BCUT2D eigenvalue weighted by Gasteiger charge is 2.32. The highest BCUT2D eigenvalue weighted by Crippen LogP contribution is 2.36. The van der Waals surface area contributed by atoms with Crippen LogP contribution in [0.1, 0.15) is 57.2 Å². The molecule has 0 radical (unpaired) electrons. The fourth-order valence-corrected chi connectivity index (χ4v) is 4.54. The second-order valence-corrected chi connectivity index (χ2v) is 9.82. The van der Waals surface area contributed by atoms with Crippen molar-refractivity contribution in [3.8, 4) is 5.75 Å². The smallest absolute Gasteiger partial charge is 0.129 e. The molecule has 0 saturated heterocycles. The molecule has 3 rings (SSSR count). The van der Waals surface area contributed by atoms with Gasteiger partial charge in [0.05, 0.1) is 20.3 Å². The van der Waals surface area contributed by atoms with Crippen LogP contribution < -0.4 is 4.74 Å². The summed E-state index contributed by atoms with van der Waals surface area (Å²) in [6.45, 7) is 12.4. The van der Waals surface area contributed by atoms with Gasteiger partial charge >= 0.3 is 0 Å². The van der Waals surface area contributed by atoms with Gasteiger partial charge in [-0.05, 0) is 73.5 Å². The van der Waals surface area contributed by atoms with Gasteiger partial charge in [0.25, 0.3) is 0 Å². The van der Waals surface area contributed by atoms with Crippen molar-refractivity contribution < 1.29 is 8.95 Å². The normalized spacial score (nSPS) is 18.8. The summed E-state index contributed by atoms with van der Waals surface area (Å²) >= 11 is 0. The Kier molecular flexibility index (Phi) is 5.53. The largest absolute Gasteiger partial charge is 0.487 e. The molecule has 0 amide bonds. The molecule has 28 heavy (non-hydrogen) atoms. The van der Waals surface area contributed by atoms with E-state index in [0.29, 0.717) is 11.3 Å². The van der Waals surface area contributed by atoms with Crippen LogP contribution in [0.15, 0.2) is 58.3 Å². The fourth-order valence-electron chi connectivity index (χ4n) is 3.35. The first-order valence-electron chi connectivity index (χ1n) is 9.72. The molecule has 1 heterocycles. The van der Waals surface area contributed by atoms with Crippen molar-refractivity contribution in [1.29, 1.82) is 0 Å². The van der Waals surface area contributed by atoms with Gasteiger partial charge < -0.3 is 4.74 Å². The Bertz CT molecular complexity index is 1030. The van der Waals surface area contributed by atoms with Gasteiger partial charge in [0.1, 0.15) is 11.4 Å². The lowest BCUT2D eigenvalue weighted by Crippen LogP contribution is -2.36. The molecule has 0 spiro atoms. The van der Waals surface area contributed by atoms with Crippen LogP contribution in [0.4, 0.5) is 0 Å². The van der Waals surface area contributed by atoms with E-state index in [0.717, 1.165) is 41.0 Å². The zero-order valence-corrected chi connectivity index (χ0v) is 18.1. The van der Waals surface area contributed by atoms with Crippen molar-refractivity contribution in [2.24, 2.45) is 4.40 Å². The standard InChI is InChI=1S/C24H29NO2S/c1-7-17(3)19-11-14-23-21(15-19)22(16-24(4,5)27-23)25-28(6,26)20-12-9-18(8-2)10-13-20/h9-15H,3,6-8,16H2,1-2,4-5H3/b25-22+. The van der Waals surface area contributed by atoms with Crippen molar-refractivity contribution >= 4 is 26.9 Å². The third kappa shape index (κ3) is 4.22. The van der Waals surface area contributed by atoms with E-state index in [2.05, 4.69) is 30.7 Å². The van der Waals surface area contributed by atoms with Crippen LogP contribution >= 0.6 is 0 Å². The van der Waals surface area contributed by atoms with Crippen LogP contribution in [0.5, 0.6) is 5.75 Å². The minimum atomic E-state index is -2.81. The van der Waals surface area contributed by atoms with Crippen molar-refractivity contribution in [2.75, 3.05) is 0 Å². The number of allylic oxidation sites excluding steroid dienone is 1. The second kappa shape index (κ2) is 7.59. The van der Waals surface area contributed by atoms with Crippen molar-refractivity contribution in [3.05, 3.63) is 65.7 Å². The van der Waals surface area contributed by atoms with Crippen LogP contribution in [0.25, 0.3) is 5.57 Å². The lowest BCUT2D eigenvalue weighted by Gasteiger charge is -2.34. The number of nitrogens with zero attached hydrogens (tertiary/aromatic N) is 1. The van der Waals surface area contributed by atoms with E-state index >= 15 is 0 Å². The Morgan fingerprint density at radius 1 is 1.18 bits per heavy atom. The lowest BCUT2D eigenvalue weighted by molar-refractivity contribution is 0.111. The fraction of sp³-hybridized carbons (Fsp3) is 0.333. The third-order valence-corrected chi connectivity index (χ3v) is 6.59. The van der Waals surface area contributed by atoms with Crippen LogP contribution in [-0.2, 0) is 16.1 Å². The van der Waals surface area contributed by atoms with E-state index in [1.807, 2.05) is 56.3 Å². The molecule has 1 atom stereocenters. The van der Waals surface area contributed by atoms with Gasteiger partial charge in [-0.2, -0.15) is 4.40 Å². The molecule has 2 aromatic carbocycles. The Morgan fingerprint density at radius 3 is 2.46 bits per heavy atom. The molecule has 2 aromatic rings. The number of fused-ring (bicyclic) bond motifs is 1. The van der Waals surface area contributed by atoms with Crippen molar-refractivity contribution in [3.63, 3.8) is 0 Å². The number of hydrogen-bond donors (Lipinski definition) is 0. The number of rotatable bonds is 5. The molecular formula is C24H29NO2S. The van der Waals surface area contributed by atoms with Crippen molar-refractivity contribution in [1.82, 2.24) is 0 Å². The number of ether oxygens (including phenoxy) is 1. The maximum Gasteiger partial charge on any atom is 0.129 e. The zero-order chi connectivity index (χ0) is 20.5. The Balaban J connectivity index is 2.10. The van der Waals surface area contributed by atoms with Gasteiger partial charge in [0, 0.05) is 12.0 Å². The van der Waals surface area contributed by atoms with Crippen LogP contribution in [0.2, 0.25) is 0 Å². The molecule has 0 fully saturated rings. The van der Waals surface area contributed by atoms with E-state index in [9.17, 15) is 4.21 Å². The quantitative estimate of drug-likeness (QED) is 0.608. The predicted octanol–water partition coefficient (Wildman–Crippen LogP) is 5.71. The molecular weight excluding hydrogens is 366 g/mol. The highest BCUT2D eigenvalue weighted by atomic mass is 32.2. The highest BCUT2D eigenvalue weighted by molar-refractivity contribution is 7.99.